The molecule has 0 spiro atoms. The molecular formula is C9H9Br2NO4S. The Hall–Kier alpha value is -0.440. The maximum absolute atomic E-state index is 11.8. The number of carbonyl (C=O) groups is 2. The van der Waals surface area contributed by atoms with E-state index in [2.05, 4.69) is 37.2 Å². The second kappa shape index (κ2) is 6.48. The summed E-state index contributed by atoms with van der Waals surface area (Å²) in [7, 11) is 0. The molecule has 1 atom stereocenters. The molecule has 0 aliphatic rings. The Labute approximate surface area is 118 Å². The van der Waals surface area contributed by atoms with E-state index in [0.29, 0.717) is 9.35 Å². The fourth-order valence-electron chi connectivity index (χ4n) is 1.12. The number of amides is 1. The number of rotatable bonds is 5. The zero-order valence-electron chi connectivity index (χ0n) is 8.44. The summed E-state index contributed by atoms with van der Waals surface area (Å²) in [6, 6.07) is 0.514. The first-order chi connectivity index (χ1) is 7.95. The number of carboxylic acids is 1. The van der Waals surface area contributed by atoms with Crippen LogP contribution in [0.1, 0.15) is 16.8 Å². The average Bonchev–Trinajstić information content (AvgIpc) is 2.57. The van der Waals surface area contributed by atoms with Crippen LogP contribution in [-0.4, -0.2) is 34.7 Å². The van der Waals surface area contributed by atoms with Crippen molar-refractivity contribution < 1.29 is 19.8 Å². The van der Waals surface area contributed by atoms with Crippen LogP contribution in [0.5, 0.6) is 0 Å². The summed E-state index contributed by atoms with van der Waals surface area (Å²) in [6.45, 7) is -0.300. The molecular weight excluding hydrogens is 378 g/mol. The van der Waals surface area contributed by atoms with Crippen LogP contribution in [0.15, 0.2) is 13.6 Å². The molecule has 1 rings (SSSR count). The van der Waals surface area contributed by atoms with E-state index in [4.69, 9.17) is 10.2 Å². The quantitative estimate of drug-likeness (QED) is 0.720. The molecule has 1 amide bonds. The van der Waals surface area contributed by atoms with Crippen molar-refractivity contribution in [2.24, 2.45) is 0 Å². The van der Waals surface area contributed by atoms with Gasteiger partial charge in [-0.05, 0) is 37.9 Å². The van der Waals surface area contributed by atoms with Crippen molar-refractivity contribution in [2.75, 3.05) is 6.61 Å². The van der Waals surface area contributed by atoms with E-state index in [9.17, 15) is 9.59 Å². The SMILES string of the molecule is O=C(N[C@H](CCO)C(=O)O)c1cc(Br)sc1Br. The van der Waals surface area contributed by atoms with Crippen molar-refractivity contribution in [2.45, 2.75) is 12.5 Å². The predicted octanol–water partition coefficient (Wildman–Crippen LogP) is 1.84. The molecule has 0 radical (unpaired) electrons. The van der Waals surface area contributed by atoms with E-state index >= 15 is 0 Å². The number of carboxylic acid groups (broad SMARTS) is 1. The first-order valence-corrected chi connectivity index (χ1v) is 6.95. The minimum atomic E-state index is -1.17. The third kappa shape index (κ3) is 4.06. The van der Waals surface area contributed by atoms with Crippen LogP contribution in [0.2, 0.25) is 0 Å². The fourth-order valence-corrected chi connectivity index (χ4v) is 3.91. The highest BCUT2D eigenvalue weighted by molar-refractivity contribution is 9.12. The number of hydrogen-bond donors (Lipinski definition) is 3. The molecule has 1 aromatic heterocycles. The molecule has 0 aliphatic heterocycles. The molecule has 3 N–H and O–H groups in total. The summed E-state index contributed by atoms with van der Waals surface area (Å²) in [5.41, 5.74) is 0.367. The number of halogens is 2. The Morgan fingerprint density at radius 1 is 1.47 bits per heavy atom. The molecule has 1 aromatic rings. The number of aliphatic hydroxyl groups excluding tert-OH is 1. The van der Waals surface area contributed by atoms with Crippen LogP contribution < -0.4 is 5.32 Å². The summed E-state index contributed by atoms with van der Waals surface area (Å²) in [5.74, 6) is -1.66. The summed E-state index contributed by atoms with van der Waals surface area (Å²) in [5, 5.41) is 19.9. The lowest BCUT2D eigenvalue weighted by Gasteiger charge is -2.12. The van der Waals surface area contributed by atoms with Gasteiger partial charge in [-0.15, -0.1) is 11.3 Å². The number of nitrogens with one attached hydrogen (secondary N) is 1. The number of aliphatic hydroxyl groups is 1. The number of carbonyl (C=O) groups excluding carboxylic acids is 1. The molecule has 0 aromatic carbocycles. The van der Waals surface area contributed by atoms with Gasteiger partial charge >= 0.3 is 5.97 Å². The molecule has 94 valence electrons. The van der Waals surface area contributed by atoms with Gasteiger partial charge in [0.1, 0.15) is 6.04 Å². The summed E-state index contributed by atoms with van der Waals surface area (Å²) < 4.78 is 1.39. The standard InChI is InChI=1S/C9H9Br2NO4S/c10-6-3-4(7(11)17-6)8(14)12-5(1-2-13)9(15)16/h3,5,13H,1-2H2,(H,12,14)(H,15,16)/t5-/m1/s1. The van der Waals surface area contributed by atoms with Crippen molar-refractivity contribution in [3.05, 3.63) is 19.2 Å². The first kappa shape index (κ1) is 14.6. The van der Waals surface area contributed by atoms with Gasteiger partial charge in [-0.2, -0.15) is 0 Å². The van der Waals surface area contributed by atoms with Crippen molar-refractivity contribution in [3.8, 4) is 0 Å². The van der Waals surface area contributed by atoms with E-state index in [-0.39, 0.29) is 13.0 Å². The van der Waals surface area contributed by atoms with Gasteiger partial charge in [-0.1, -0.05) is 0 Å². The van der Waals surface area contributed by atoms with E-state index in [0.717, 1.165) is 3.79 Å². The molecule has 1 heterocycles. The van der Waals surface area contributed by atoms with Gasteiger partial charge < -0.3 is 15.5 Å². The third-order valence-electron chi connectivity index (χ3n) is 1.92. The second-order valence-electron chi connectivity index (χ2n) is 3.11. The monoisotopic (exact) mass is 385 g/mol. The van der Waals surface area contributed by atoms with Crippen molar-refractivity contribution in [3.63, 3.8) is 0 Å². The van der Waals surface area contributed by atoms with E-state index < -0.39 is 17.9 Å². The first-order valence-electron chi connectivity index (χ1n) is 4.55. The van der Waals surface area contributed by atoms with E-state index in [1.807, 2.05) is 0 Å². The summed E-state index contributed by atoms with van der Waals surface area (Å²) >= 11 is 7.77. The van der Waals surface area contributed by atoms with Gasteiger partial charge in [0.05, 0.1) is 13.1 Å². The molecule has 5 nitrogen and oxygen atoms in total. The summed E-state index contributed by atoms with van der Waals surface area (Å²) in [4.78, 5) is 22.6. The average molecular weight is 387 g/mol. The Morgan fingerprint density at radius 3 is 2.53 bits per heavy atom. The second-order valence-corrected chi connectivity index (χ2v) is 6.86. The van der Waals surface area contributed by atoms with Gasteiger partial charge in [0, 0.05) is 13.0 Å². The molecule has 0 saturated heterocycles. The lowest BCUT2D eigenvalue weighted by molar-refractivity contribution is -0.139. The Kier molecular flexibility index (Phi) is 5.57. The molecule has 0 fully saturated rings. The predicted molar refractivity (Wildman–Crippen MR) is 70.3 cm³/mol. The fraction of sp³-hybridized carbons (Fsp3) is 0.333. The van der Waals surface area contributed by atoms with Gasteiger partial charge in [-0.25, -0.2) is 4.79 Å². The molecule has 17 heavy (non-hydrogen) atoms. The van der Waals surface area contributed by atoms with Crippen LogP contribution in [0.3, 0.4) is 0 Å². The molecule has 0 bridgehead atoms. The van der Waals surface area contributed by atoms with Crippen LogP contribution >= 0.6 is 43.2 Å². The van der Waals surface area contributed by atoms with E-state index in [1.54, 1.807) is 6.07 Å². The Bertz CT molecular complexity index is 435. The summed E-state index contributed by atoms with van der Waals surface area (Å²) in [6.07, 6.45) is -0.0238. The van der Waals surface area contributed by atoms with Gasteiger partial charge in [-0.3, -0.25) is 4.79 Å². The Balaban J connectivity index is 2.77. The highest BCUT2D eigenvalue weighted by Crippen LogP contribution is 2.31. The van der Waals surface area contributed by atoms with Gasteiger partial charge in [0.25, 0.3) is 5.91 Å². The maximum Gasteiger partial charge on any atom is 0.326 e. The zero-order valence-corrected chi connectivity index (χ0v) is 12.4. The number of aliphatic carboxylic acids is 1. The number of hydrogen-bond acceptors (Lipinski definition) is 4. The normalized spacial score (nSPS) is 12.2. The maximum atomic E-state index is 11.8. The minimum absolute atomic E-state index is 0.0238. The largest absolute Gasteiger partial charge is 0.480 e. The van der Waals surface area contributed by atoms with Crippen LogP contribution in [-0.2, 0) is 4.79 Å². The lowest BCUT2D eigenvalue weighted by Crippen LogP contribution is -2.41. The van der Waals surface area contributed by atoms with Crippen LogP contribution in [0.25, 0.3) is 0 Å². The smallest absolute Gasteiger partial charge is 0.326 e. The molecule has 0 unspecified atom stereocenters. The highest BCUT2D eigenvalue weighted by Gasteiger charge is 2.22. The van der Waals surface area contributed by atoms with Crippen molar-refractivity contribution in [1.82, 2.24) is 5.32 Å². The Morgan fingerprint density at radius 2 is 2.12 bits per heavy atom. The van der Waals surface area contributed by atoms with Crippen LogP contribution in [0.4, 0.5) is 0 Å². The van der Waals surface area contributed by atoms with Crippen molar-refractivity contribution in [1.29, 1.82) is 0 Å². The zero-order chi connectivity index (χ0) is 13.0. The molecule has 0 aliphatic carbocycles. The lowest BCUT2D eigenvalue weighted by atomic mass is 10.2. The molecule has 8 heteroatoms. The number of thiophene rings is 1. The van der Waals surface area contributed by atoms with Crippen LogP contribution in [0, 0.1) is 0 Å². The minimum Gasteiger partial charge on any atom is -0.480 e. The van der Waals surface area contributed by atoms with Gasteiger partial charge in [0.15, 0.2) is 0 Å². The third-order valence-corrected chi connectivity index (χ3v) is 4.26. The molecule has 0 saturated carbocycles. The topological polar surface area (TPSA) is 86.6 Å². The van der Waals surface area contributed by atoms with Gasteiger partial charge in [0.2, 0.25) is 0 Å². The van der Waals surface area contributed by atoms with E-state index in [1.165, 1.54) is 11.3 Å². The highest BCUT2D eigenvalue weighted by atomic mass is 79.9. The van der Waals surface area contributed by atoms with Crippen molar-refractivity contribution >= 4 is 55.1 Å².